The average Bonchev–Trinajstić information content (AvgIpc) is 2.29. The Morgan fingerprint density at radius 3 is 2.50 bits per heavy atom. The maximum Gasteiger partial charge on any atom is 0.175 e. The van der Waals surface area contributed by atoms with Crippen LogP contribution in [0.3, 0.4) is 0 Å². The minimum atomic E-state index is -1.03. The Hall–Kier alpha value is -0.960. The van der Waals surface area contributed by atoms with Gasteiger partial charge < -0.3 is 0 Å². The molecule has 0 amide bonds. The van der Waals surface area contributed by atoms with Gasteiger partial charge in [0.1, 0.15) is 0 Å². The van der Waals surface area contributed by atoms with Crippen LogP contribution in [0.5, 0.6) is 0 Å². The number of benzene rings is 1. The van der Waals surface area contributed by atoms with Gasteiger partial charge >= 0.3 is 0 Å². The fourth-order valence-electron chi connectivity index (χ4n) is 1.35. The Balaban J connectivity index is 2.49. The summed E-state index contributed by atoms with van der Waals surface area (Å²) in [5, 5.41) is 0. The minimum absolute atomic E-state index is 0.0257. The summed E-state index contributed by atoms with van der Waals surface area (Å²) in [5.74, 6) is 1.16. The summed E-state index contributed by atoms with van der Waals surface area (Å²) < 4.78 is 11.7. The summed E-state index contributed by atoms with van der Waals surface area (Å²) in [6, 6.07) is 9.05. The van der Waals surface area contributed by atoms with Crippen LogP contribution in [0.2, 0.25) is 0 Å². The van der Waals surface area contributed by atoms with E-state index in [1.807, 2.05) is 18.2 Å². The number of hydrogen-bond acceptors (Lipinski definition) is 2. The predicted octanol–water partition coefficient (Wildman–Crippen LogP) is 2.66. The van der Waals surface area contributed by atoms with E-state index in [2.05, 4.69) is 13.8 Å². The number of ketones is 1. The Morgan fingerprint density at radius 2 is 1.94 bits per heavy atom. The van der Waals surface area contributed by atoms with Gasteiger partial charge in [-0.25, -0.2) is 0 Å². The molecule has 2 nitrogen and oxygen atoms in total. The Bertz CT molecular complexity index is 359. The second kappa shape index (κ2) is 6.59. The molecule has 1 aromatic carbocycles. The van der Waals surface area contributed by atoms with Crippen LogP contribution in [0.4, 0.5) is 0 Å². The second-order valence-electron chi connectivity index (χ2n) is 4.05. The summed E-state index contributed by atoms with van der Waals surface area (Å²) in [5.41, 5.74) is 0.653. The highest BCUT2D eigenvalue weighted by Gasteiger charge is 2.12. The molecule has 0 spiro atoms. The maximum atomic E-state index is 11.7. The molecule has 16 heavy (non-hydrogen) atoms. The van der Waals surface area contributed by atoms with E-state index in [4.69, 9.17) is 0 Å². The number of carbonyl (C=O) groups is 1. The lowest BCUT2D eigenvalue weighted by Gasteiger charge is -2.07. The van der Waals surface area contributed by atoms with Crippen LogP contribution in [-0.2, 0) is 10.8 Å². The molecule has 1 aromatic rings. The van der Waals surface area contributed by atoms with Crippen molar-refractivity contribution in [2.45, 2.75) is 20.3 Å². The highest BCUT2D eigenvalue weighted by molar-refractivity contribution is 7.85. The number of Topliss-reactive ketones (excluding diaryl/α,β-unsaturated/α-hetero) is 1. The average molecular weight is 238 g/mol. The van der Waals surface area contributed by atoms with E-state index < -0.39 is 10.8 Å². The predicted molar refractivity (Wildman–Crippen MR) is 68.1 cm³/mol. The van der Waals surface area contributed by atoms with E-state index in [0.717, 1.165) is 6.42 Å². The van der Waals surface area contributed by atoms with E-state index >= 15 is 0 Å². The molecule has 0 bridgehead atoms. The van der Waals surface area contributed by atoms with Crippen LogP contribution >= 0.6 is 0 Å². The summed E-state index contributed by atoms with van der Waals surface area (Å²) >= 11 is 0. The van der Waals surface area contributed by atoms with Crippen molar-refractivity contribution in [3.63, 3.8) is 0 Å². The summed E-state index contributed by atoms with van der Waals surface area (Å²) in [6.07, 6.45) is 1.01. The van der Waals surface area contributed by atoms with Crippen molar-refractivity contribution in [2.75, 3.05) is 11.5 Å². The van der Waals surface area contributed by atoms with Gasteiger partial charge in [0.25, 0.3) is 0 Å². The molecule has 0 saturated carbocycles. The highest BCUT2D eigenvalue weighted by atomic mass is 32.2. The molecular formula is C13H18O2S. The zero-order valence-electron chi connectivity index (χ0n) is 9.81. The lowest BCUT2D eigenvalue weighted by molar-refractivity contribution is 0.102. The van der Waals surface area contributed by atoms with Gasteiger partial charge in [-0.05, 0) is 5.92 Å². The minimum Gasteiger partial charge on any atom is -0.293 e. The van der Waals surface area contributed by atoms with Crippen molar-refractivity contribution in [3.8, 4) is 0 Å². The molecule has 2 unspecified atom stereocenters. The van der Waals surface area contributed by atoms with Crippen LogP contribution in [-0.4, -0.2) is 21.5 Å². The maximum absolute atomic E-state index is 11.7. The van der Waals surface area contributed by atoms with Crippen LogP contribution in [0, 0.1) is 5.92 Å². The van der Waals surface area contributed by atoms with E-state index in [1.165, 1.54) is 0 Å². The third kappa shape index (κ3) is 4.27. The third-order valence-corrected chi connectivity index (χ3v) is 4.08. The van der Waals surface area contributed by atoms with E-state index in [-0.39, 0.29) is 11.5 Å². The molecule has 0 N–H and O–H groups in total. The fraction of sp³-hybridized carbons (Fsp3) is 0.462. The molecule has 1 rings (SSSR count). The van der Waals surface area contributed by atoms with Gasteiger partial charge in [0.15, 0.2) is 5.78 Å². The molecule has 2 atom stereocenters. The van der Waals surface area contributed by atoms with Gasteiger partial charge in [0.05, 0.1) is 5.75 Å². The van der Waals surface area contributed by atoms with Gasteiger partial charge in [-0.2, -0.15) is 0 Å². The molecular weight excluding hydrogens is 220 g/mol. The molecule has 0 aliphatic heterocycles. The van der Waals surface area contributed by atoms with Gasteiger partial charge in [-0.15, -0.1) is 0 Å². The summed E-state index contributed by atoms with van der Waals surface area (Å²) in [7, 11) is -1.03. The van der Waals surface area contributed by atoms with E-state index in [9.17, 15) is 9.00 Å². The van der Waals surface area contributed by atoms with Crippen molar-refractivity contribution in [1.29, 1.82) is 0 Å². The Kier molecular flexibility index (Phi) is 5.39. The molecule has 0 heterocycles. The third-order valence-electron chi connectivity index (χ3n) is 2.56. The highest BCUT2D eigenvalue weighted by Crippen LogP contribution is 2.06. The lowest BCUT2D eigenvalue weighted by atomic mass is 10.1. The van der Waals surface area contributed by atoms with Crippen molar-refractivity contribution < 1.29 is 9.00 Å². The Morgan fingerprint density at radius 1 is 1.31 bits per heavy atom. The van der Waals surface area contributed by atoms with Gasteiger partial charge in [0.2, 0.25) is 0 Å². The molecule has 0 fully saturated rings. The van der Waals surface area contributed by atoms with Gasteiger partial charge in [-0.3, -0.25) is 9.00 Å². The number of carbonyl (C=O) groups excluding carboxylic acids is 1. The standard InChI is InChI=1S/C13H18O2S/c1-3-11(2)9-16(15)10-13(14)12-7-5-4-6-8-12/h4-8,11H,3,9-10H2,1-2H3. The van der Waals surface area contributed by atoms with Crippen LogP contribution in [0.1, 0.15) is 30.6 Å². The van der Waals surface area contributed by atoms with Crippen LogP contribution in [0.25, 0.3) is 0 Å². The van der Waals surface area contributed by atoms with Crippen molar-refractivity contribution in [1.82, 2.24) is 0 Å². The summed E-state index contributed by atoms with van der Waals surface area (Å²) in [4.78, 5) is 11.7. The normalized spacial score (nSPS) is 14.4. The second-order valence-corrected chi connectivity index (χ2v) is 5.56. The smallest absolute Gasteiger partial charge is 0.175 e. The first-order chi connectivity index (χ1) is 7.63. The van der Waals surface area contributed by atoms with Crippen LogP contribution in [0.15, 0.2) is 30.3 Å². The van der Waals surface area contributed by atoms with E-state index in [1.54, 1.807) is 12.1 Å². The van der Waals surface area contributed by atoms with Crippen molar-refractivity contribution in [2.24, 2.45) is 5.92 Å². The van der Waals surface area contributed by atoms with Gasteiger partial charge in [0, 0.05) is 22.1 Å². The lowest BCUT2D eigenvalue weighted by Crippen LogP contribution is -2.16. The fourth-order valence-corrected chi connectivity index (χ4v) is 2.80. The largest absolute Gasteiger partial charge is 0.293 e. The van der Waals surface area contributed by atoms with Crippen molar-refractivity contribution >= 4 is 16.6 Å². The van der Waals surface area contributed by atoms with Crippen LogP contribution < -0.4 is 0 Å². The summed E-state index contributed by atoms with van der Waals surface area (Å²) in [6.45, 7) is 4.13. The first kappa shape index (κ1) is 13.1. The van der Waals surface area contributed by atoms with E-state index in [0.29, 0.717) is 17.2 Å². The molecule has 0 aromatic heterocycles. The topological polar surface area (TPSA) is 34.1 Å². The SMILES string of the molecule is CCC(C)CS(=O)CC(=O)c1ccccc1. The molecule has 0 saturated heterocycles. The molecule has 0 aliphatic carbocycles. The zero-order chi connectivity index (χ0) is 12.0. The molecule has 0 radical (unpaired) electrons. The quantitative estimate of drug-likeness (QED) is 0.714. The number of rotatable bonds is 6. The monoisotopic (exact) mass is 238 g/mol. The molecule has 3 heteroatoms. The molecule has 88 valence electrons. The number of hydrogen-bond donors (Lipinski definition) is 0. The first-order valence-electron chi connectivity index (χ1n) is 5.56. The van der Waals surface area contributed by atoms with Gasteiger partial charge in [-0.1, -0.05) is 50.6 Å². The Labute approximate surface area is 99.5 Å². The molecule has 0 aliphatic rings. The first-order valence-corrected chi connectivity index (χ1v) is 7.05. The zero-order valence-corrected chi connectivity index (χ0v) is 10.6. The van der Waals surface area contributed by atoms with Crippen molar-refractivity contribution in [3.05, 3.63) is 35.9 Å².